The van der Waals surface area contributed by atoms with Crippen molar-refractivity contribution in [2.75, 3.05) is 24.3 Å². The Morgan fingerprint density at radius 1 is 1.39 bits per heavy atom. The van der Waals surface area contributed by atoms with E-state index in [1.165, 1.54) is 41.3 Å². The molecule has 0 aliphatic carbocycles. The third-order valence-corrected chi connectivity index (χ3v) is 7.03. The predicted octanol–water partition coefficient (Wildman–Crippen LogP) is 5.02. The number of halogens is 2. The van der Waals surface area contributed by atoms with E-state index < -0.39 is 5.82 Å². The Hall–Kier alpha value is -1.94. The molecule has 6 nitrogen and oxygen atoms in total. The number of amides is 1. The summed E-state index contributed by atoms with van der Waals surface area (Å²) in [4.78, 5) is 32.0. The van der Waals surface area contributed by atoms with Crippen molar-refractivity contribution in [1.82, 2.24) is 9.55 Å². The first-order chi connectivity index (χ1) is 14.8. The number of nitrogens with zero attached hydrogens (tertiary/aromatic N) is 2. The third kappa shape index (κ3) is 5.65. The van der Waals surface area contributed by atoms with Gasteiger partial charge < -0.3 is 10.1 Å². The summed E-state index contributed by atoms with van der Waals surface area (Å²) < 4.78 is 20.3. The molecule has 0 aliphatic rings. The maximum Gasteiger partial charge on any atom is 0.263 e. The zero-order valence-electron chi connectivity index (χ0n) is 17.5. The molecule has 2 heterocycles. The number of nitrogens with one attached hydrogen (secondary N) is 1. The summed E-state index contributed by atoms with van der Waals surface area (Å²) in [5.74, 6) is -0.813. The maximum absolute atomic E-state index is 13.3. The standard InChI is InChI=1S/C21H23ClFN3O3S2/c1-4-29-9-5-8-26-20(28)18-12(2)13(3)31-19(18)25-21(26)30-11-17(27)24-14-6-7-16(23)15(22)10-14/h6-7,10H,4-5,8-9,11H2,1-3H3,(H,24,27). The largest absolute Gasteiger partial charge is 0.382 e. The van der Waals surface area contributed by atoms with Crippen molar-refractivity contribution >= 4 is 56.5 Å². The van der Waals surface area contributed by atoms with Crippen LogP contribution in [-0.4, -0.2) is 34.4 Å². The number of ether oxygens (including phenoxy) is 1. The van der Waals surface area contributed by atoms with Gasteiger partial charge in [-0.2, -0.15) is 0 Å². The molecule has 1 aromatic carbocycles. The molecule has 31 heavy (non-hydrogen) atoms. The fourth-order valence-corrected chi connectivity index (χ4v) is 5.06. The summed E-state index contributed by atoms with van der Waals surface area (Å²) >= 11 is 8.42. The second-order valence-corrected chi connectivity index (χ2v) is 9.38. The van der Waals surface area contributed by atoms with E-state index in [0.717, 1.165) is 10.4 Å². The molecular weight excluding hydrogens is 461 g/mol. The molecule has 3 aromatic rings. The normalized spacial score (nSPS) is 11.3. The first-order valence-corrected chi connectivity index (χ1v) is 12.0. The van der Waals surface area contributed by atoms with Crippen molar-refractivity contribution in [3.05, 3.63) is 49.8 Å². The number of hydrogen-bond acceptors (Lipinski definition) is 6. The van der Waals surface area contributed by atoms with Crippen LogP contribution in [0.3, 0.4) is 0 Å². The van der Waals surface area contributed by atoms with Crippen molar-refractivity contribution in [3.63, 3.8) is 0 Å². The van der Waals surface area contributed by atoms with Gasteiger partial charge in [0.2, 0.25) is 5.91 Å². The smallest absolute Gasteiger partial charge is 0.263 e. The van der Waals surface area contributed by atoms with Crippen molar-refractivity contribution < 1.29 is 13.9 Å². The van der Waals surface area contributed by atoms with Crippen molar-refractivity contribution in [2.24, 2.45) is 0 Å². The summed E-state index contributed by atoms with van der Waals surface area (Å²) in [5, 5.41) is 3.74. The third-order valence-electron chi connectivity index (χ3n) is 4.66. The van der Waals surface area contributed by atoms with Crippen LogP contribution in [0.5, 0.6) is 0 Å². The molecule has 1 amide bonds. The lowest BCUT2D eigenvalue weighted by Crippen LogP contribution is -2.25. The molecule has 3 rings (SSSR count). The van der Waals surface area contributed by atoms with Crippen LogP contribution >= 0.6 is 34.7 Å². The Bertz CT molecular complexity index is 1160. The van der Waals surface area contributed by atoms with E-state index in [4.69, 9.17) is 16.3 Å². The number of carbonyl (C=O) groups excluding carboxylic acids is 1. The Balaban J connectivity index is 1.81. The van der Waals surface area contributed by atoms with Gasteiger partial charge in [-0.15, -0.1) is 11.3 Å². The van der Waals surface area contributed by atoms with Crippen LogP contribution in [0.4, 0.5) is 10.1 Å². The van der Waals surface area contributed by atoms with Crippen LogP contribution < -0.4 is 10.9 Å². The topological polar surface area (TPSA) is 73.2 Å². The monoisotopic (exact) mass is 483 g/mol. The lowest BCUT2D eigenvalue weighted by atomic mass is 10.2. The fraction of sp³-hybridized carbons (Fsp3) is 0.381. The molecular formula is C21H23ClFN3O3S2. The minimum absolute atomic E-state index is 0.0434. The summed E-state index contributed by atoms with van der Waals surface area (Å²) in [5.41, 5.74) is 1.24. The molecule has 1 N–H and O–H groups in total. The highest BCUT2D eigenvalue weighted by molar-refractivity contribution is 7.99. The number of aryl methyl sites for hydroxylation is 2. The highest BCUT2D eigenvalue weighted by Crippen LogP contribution is 2.28. The summed E-state index contributed by atoms with van der Waals surface area (Å²) in [6.45, 7) is 7.42. The van der Waals surface area contributed by atoms with Gasteiger partial charge in [0.15, 0.2) is 5.16 Å². The molecule has 2 aromatic heterocycles. The molecule has 0 radical (unpaired) electrons. The lowest BCUT2D eigenvalue weighted by Gasteiger charge is -2.12. The molecule has 0 saturated heterocycles. The second kappa shape index (κ2) is 10.6. The predicted molar refractivity (Wildman–Crippen MR) is 125 cm³/mol. The summed E-state index contributed by atoms with van der Waals surface area (Å²) in [6, 6.07) is 3.98. The van der Waals surface area contributed by atoms with Gasteiger partial charge in [0.1, 0.15) is 10.6 Å². The Kier molecular flexibility index (Phi) is 8.10. The van der Waals surface area contributed by atoms with Gasteiger partial charge in [-0.1, -0.05) is 23.4 Å². The average molecular weight is 484 g/mol. The molecule has 0 spiro atoms. The SMILES string of the molecule is CCOCCCn1c(SCC(=O)Nc2ccc(F)c(Cl)c2)nc2sc(C)c(C)c2c1=O. The van der Waals surface area contributed by atoms with E-state index in [1.54, 1.807) is 4.57 Å². The summed E-state index contributed by atoms with van der Waals surface area (Å²) in [7, 11) is 0. The first-order valence-electron chi connectivity index (χ1n) is 9.77. The number of thioether (sulfide) groups is 1. The second-order valence-electron chi connectivity index (χ2n) is 6.83. The molecule has 0 aliphatic heterocycles. The van der Waals surface area contributed by atoms with Gasteiger partial charge in [0.25, 0.3) is 5.56 Å². The Morgan fingerprint density at radius 3 is 2.87 bits per heavy atom. The number of fused-ring (bicyclic) bond motifs is 1. The van der Waals surface area contributed by atoms with Gasteiger partial charge in [-0.05, 0) is 51.0 Å². The highest BCUT2D eigenvalue weighted by atomic mass is 35.5. The van der Waals surface area contributed by atoms with Crippen LogP contribution in [0.25, 0.3) is 10.2 Å². The molecule has 0 bridgehead atoms. The van der Waals surface area contributed by atoms with Crippen molar-refractivity contribution in [1.29, 1.82) is 0 Å². The van der Waals surface area contributed by atoms with Gasteiger partial charge in [-0.3, -0.25) is 14.2 Å². The molecule has 0 saturated carbocycles. The van der Waals surface area contributed by atoms with Gasteiger partial charge in [-0.25, -0.2) is 9.37 Å². The minimum Gasteiger partial charge on any atom is -0.382 e. The van der Waals surface area contributed by atoms with Crippen LogP contribution in [0.2, 0.25) is 5.02 Å². The molecule has 166 valence electrons. The van der Waals surface area contributed by atoms with E-state index in [2.05, 4.69) is 10.3 Å². The Morgan fingerprint density at radius 2 is 2.16 bits per heavy atom. The van der Waals surface area contributed by atoms with Gasteiger partial charge >= 0.3 is 0 Å². The maximum atomic E-state index is 13.3. The molecule has 10 heteroatoms. The average Bonchev–Trinajstić information content (AvgIpc) is 3.01. The van der Waals surface area contributed by atoms with Crippen molar-refractivity contribution in [3.8, 4) is 0 Å². The van der Waals surface area contributed by atoms with E-state index in [0.29, 0.717) is 47.2 Å². The number of aromatic nitrogens is 2. The van der Waals surface area contributed by atoms with Gasteiger partial charge in [0, 0.05) is 30.3 Å². The summed E-state index contributed by atoms with van der Waals surface area (Å²) in [6.07, 6.45) is 0.664. The zero-order chi connectivity index (χ0) is 22.5. The highest BCUT2D eigenvalue weighted by Gasteiger charge is 2.18. The minimum atomic E-state index is -0.552. The zero-order valence-corrected chi connectivity index (χ0v) is 19.8. The molecule has 0 atom stereocenters. The van der Waals surface area contributed by atoms with Crippen LogP contribution in [0.15, 0.2) is 28.2 Å². The van der Waals surface area contributed by atoms with E-state index in [1.807, 2.05) is 20.8 Å². The van der Waals surface area contributed by atoms with Crippen molar-refractivity contribution in [2.45, 2.75) is 38.9 Å². The van der Waals surface area contributed by atoms with E-state index in [9.17, 15) is 14.0 Å². The van der Waals surface area contributed by atoms with Crippen LogP contribution in [0, 0.1) is 19.7 Å². The van der Waals surface area contributed by atoms with Gasteiger partial charge in [0.05, 0.1) is 16.2 Å². The Labute approximate surface area is 192 Å². The number of rotatable bonds is 9. The molecule has 0 unspecified atom stereocenters. The number of hydrogen-bond donors (Lipinski definition) is 1. The van der Waals surface area contributed by atoms with E-state index in [-0.39, 0.29) is 22.2 Å². The molecule has 0 fully saturated rings. The fourth-order valence-electron chi connectivity index (χ4n) is 2.99. The number of anilines is 1. The van der Waals surface area contributed by atoms with E-state index >= 15 is 0 Å². The first kappa shape index (κ1) is 23.7. The van der Waals surface area contributed by atoms with Crippen LogP contribution in [0.1, 0.15) is 23.8 Å². The lowest BCUT2D eigenvalue weighted by molar-refractivity contribution is -0.113. The number of benzene rings is 1. The van der Waals surface area contributed by atoms with Crippen LogP contribution in [-0.2, 0) is 16.1 Å². The number of carbonyl (C=O) groups is 1. The quantitative estimate of drug-likeness (QED) is 0.262. The number of thiophene rings is 1.